The molecular formula is C25H20F6I2O. The molecule has 0 radical (unpaired) electrons. The van der Waals surface area contributed by atoms with Gasteiger partial charge in [0.2, 0.25) is 0 Å². The average Bonchev–Trinajstić information content (AvgIpc) is 2.70. The quantitative estimate of drug-likeness (QED) is 0.213. The first-order valence-corrected chi connectivity index (χ1v) is 12.2. The zero-order valence-corrected chi connectivity index (χ0v) is 22.6. The van der Waals surface area contributed by atoms with Crippen molar-refractivity contribution in [3.05, 3.63) is 89.6 Å². The Balaban J connectivity index is 2.35. The average molecular weight is 704 g/mol. The number of rotatable bonds is 3. The van der Waals surface area contributed by atoms with Crippen LogP contribution in [0, 0.1) is 7.14 Å². The summed E-state index contributed by atoms with van der Waals surface area (Å²) < 4.78 is 85.5. The van der Waals surface area contributed by atoms with Crippen LogP contribution in [0.5, 0.6) is 0 Å². The molecule has 0 spiro atoms. The molecule has 0 aliphatic carbocycles. The van der Waals surface area contributed by atoms with Gasteiger partial charge in [0.1, 0.15) is 6.10 Å². The van der Waals surface area contributed by atoms with Crippen molar-refractivity contribution >= 4 is 45.2 Å². The molecule has 3 rings (SSSR count). The second kappa shape index (κ2) is 9.61. The van der Waals surface area contributed by atoms with E-state index in [2.05, 4.69) is 0 Å². The summed E-state index contributed by atoms with van der Waals surface area (Å²) in [5, 5.41) is 11.1. The minimum atomic E-state index is -5.12. The number of hydrogen-bond donors (Lipinski definition) is 1. The summed E-state index contributed by atoms with van der Waals surface area (Å²) >= 11 is 3.70. The normalized spacial score (nSPS) is 13.8. The largest absolute Gasteiger partial charge is 0.416 e. The molecule has 0 aromatic heterocycles. The molecular weight excluding hydrogens is 684 g/mol. The molecule has 0 amide bonds. The highest BCUT2D eigenvalue weighted by Crippen LogP contribution is 2.47. The van der Waals surface area contributed by atoms with Gasteiger partial charge >= 0.3 is 12.4 Å². The standard InChI is InChI=1S/C25H20F6I2O/c1-23(2,3)15-11-18(32)21(19(33)12-15)22(34)20-16(24(26,27)28)9-14(10-17(20)25(29,30)31)13-7-5-4-6-8-13/h4-12,22,34H,1-3H3. The molecule has 0 heterocycles. The number of benzene rings is 3. The lowest BCUT2D eigenvalue weighted by molar-refractivity contribution is -0.145. The van der Waals surface area contributed by atoms with E-state index >= 15 is 0 Å². The summed E-state index contributed by atoms with van der Waals surface area (Å²) in [6.07, 6.45) is -12.4. The maximum atomic E-state index is 14.1. The third kappa shape index (κ3) is 5.72. The highest BCUT2D eigenvalue weighted by atomic mass is 127. The lowest BCUT2D eigenvalue weighted by Gasteiger charge is -2.27. The van der Waals surface area contributed by atoms with Gasteiger partial charge in [-0.3, -0.25) is 0 Å². The molecule has 1 nitrogen and oxygen atoms in total. The van der Waals surface area contributed by atoms with Crippen LogP contribution in [0.1, 0.15) is 54.7 Å². The van der Waals surface area contributed by atoms with Crippen molar-refractivity contribution in [2.75, 3.05) is 0 Å². The van der Waals surface area contributed by atoms with Crippen molar-refractivity contribution in [2.24, 2.45) is 0 Å². The topological polar surface area (TPSA) is 20.2 Å². The lowest BCUT2D eigenvalue weighted by Crippen LogP contribution is -2.21. The number of hydrogen-bond acceptors (Lipinski definition) is 1. The fraction of sp³-hybridized carbons (Fsp3) is 0.280. The first kappa shape index (κ1) is 27.3. The van der Waals surface area contributed by atoms with Crippen LogP contribution in [0.4, 0.5) is 26.3 Å². The molecule has 3 aromatic rings. The van der Waals surface area contributed by atoms with Gasteiger partial charge in [0.15, 0.2) is 0 Å². The van der Waals surface area contributed by atoms with E-state index in [1.54, 1.807) is 18.2 Å². The van der Waals surface area contributed by atoms with Crippen molar-refractivity contribution in [1.82, 2.24) is 0 Å². The van der Waals surface area contributed by atoms with Crippen molar-refractivity contribution < 1.29 is 31.4 Å². The Bertz CT molecular complexity index is 1140. The summed E-state index contributed by atoms with van der Waals surface area (Å²) in [6.45, 7) is 5.82. The van der Waals surface area contributed by atoms with Crippen LogP contribution in [0.25, 0.3) is 11.1 Å². The van der Waals surface area contributed by atoms with E-state index < -0.39 is 35.1 Å². The molecule has 1 atom stereocenters. The molecule has 0 aliphatic rings. The molecule has 0 saturated heterocycles. The van der Waals surface area contributed by atoms with Crippen LogP contribution >= 0.6 is 45.2 Å². The zero-order chi connectivity index (χ0) is 25.6. The van der Waals surface area contributed by atoms with E-state index in [0.717, 1.165) is 5.56 Å². The van der Waals surface area contributed by atoms with Gasteiger partial charge in [0.25, 0.3) is 0 Å². The lowest BCUT2D eigenvalue weighted by atomic mass is 9.84. The molecule has 0 aliphatic heterocycles. The van der Waals surface area contributed by atoms with Crippen molar-refractivity contribution in [3.8, 4) is 11.1 Å². The van der Waals surface area contributed by atoms with E-state index in [0.29, 0.717) is 19.3 Å². The summed E-state index contributed by atoms with van der Waals surface area (Å²) in [5.41, 5.74) is -3.68. The molecule has 9 heteroatoms. The number of halogens is 8. The Labute approximate surface area is 220 Å². The van der Waals surface area contributed by atoms with Gasteiger partial charge in [-0.1, -0.05) is 51.1 Å². The van der Waals surface area contributed by atoms with Gasteiger partial charge in [0.05, 0.1) is 11.1 Å². The third-order valence-corrected chi connectivity index (χ3v) is 7.17. The number of aliphatic hydroxyl groups is 1. The first-order valence-electron chi connectivity index (χ1n) is 10.1. The summed E-state index contributed by atoms with van der Waals surface area (Å²) in [5.74, 6) is 0. The maximum absolute atomic E-state index is 14.1. The van der Waals surface area contributed by atoms with Crippen molar-refractivity contribution in [2.45, 2.75) is 44.6 Å². The predicted molar refractivity (Wildman–Crippen MR) is 137 cm³/mol. The van der Waals surface area contributed by atoms with Gasteiger partial charge in [-0.15, -0.1) is 0 Å². The van der Waals surface area contributed by atoms with Gasteiger partial charge in [-0.05, 0) is 91.6 Å². The van der Waals surface area contributed by atoms with Crippen molar-refractivity contribution in [1.29, 1.82) is 0 Å². The van der Waals surface area contributed by atoms with E-state index in [-0.39, 0.29) is 22.1 Å². The Morgan fingerprint density at radius 1 is 0.676 bits per heavy atom. The minimum Gasteiger partial charge on any atom is -0.384 e. The highest BCUT2D eigenvalue weighted by molar-refractivity contribution is 14.1. The summed E-state index contributed by atoms with van der Waals surface area (Å²) in [6, 6.07) is 12.2. The molecule has 3 aromatic carbocycles. The predicted octanol–water partition coefficient (Wildman–Crippen LogP) is 8.98. The smallest absolute Gasteiger partial charge is 0.384 e. The third-order valence-electron chi connectivity index (χ3n) is 5.39. The highest BCUT2D eigenvalue weighted by Gasteiger charge is 2.44. The molecule has 1 unspecified atom stereocenters. The maximum Gasteiger partial charge on any atom is 0.416 e. The van der Waals surface area contributed by atoms with E-state index in [1.165, 1.54) is 24.3 Å². The van der Waals surface area contributed by atoms with Crippen LogP contribution in [0.2, 0.25) is 0 Å². The Kier molecular flexibility index (Phi) is 7.70. The monoisotopic (exact) mass is 704 g/mol. The van der Waals surface area contributed by atoms with E-state index in [1.807, 2.05) is 66.0 Å². The minimum absolute atomic E-state index is 0.0117. The molecule has 0 saturated carbocycles. The Morgan fingerprint density at radius 3 is 1.50 bits per heavy atom. The molecule has 1 N–H and O–H groups in total. The zero-order valence-electron chi connectivity index (χ0n) is 18.2. The van der Waals surface area contributed by atoms with Crippen LogP contribution in [-0.4, -0.2) is 5.11 Å². The van der Waals surface area contributed by atoms with Gasteiger partial charge in [-0.25, -0.2) is 0 Å². The number of alkyl halides is 6. The molecule has 0 fully saturated rings. The Morgan fingerprint density at radius 2 is 1.12 bits per heavy atom. The van der Waals surface area contributed by atoms with Crippen LogP contribution in [0.3, 0.4) is 0 Å². The fourth-order valence-corrected chi connectivity index (χ4v) is 6.00. The van der Waals surface area contributed by atoms with E-state index in [9.17, 15) is 31.4 Å². The number of aliphatic hydroxyl groups excluding tert-OH is 1. The van der Waals surface area contributed by atoms with Gasteiger partial charge in [-0.2, -0.15) is 26.3 Å². The SMILES string of the molecule is CC(C)(C)c1cc(I)c(C(O)c2c(C(F)(F)F)cc(-c3ccccc3)cc2C(F)(F)F)c(I)c1. The van der Waals surface area contributed by atoms with Crippen LogP contribution < -0.4 is 0 Å². The van der Waals surface area contributed by atoms with Crippen LogP contribution in [-0.2, 0) is 17.8 Å². The van der Waals surface area contributed by atoms with Gasteiger partial charge < -0.3 is 5.11 Å². The second-order valence-electron chi connectivity index (χ2n) is 8.85. The van der Waals surface area contributed by atoms with Crippen LogP contribution in [0.15, 0.2) is 54.6 Å². The first-order chi connectivity index (χ1) is 15.5. The van der Waals surface area contributed by atoms with Crippen molar-refractivity contribution in [3.63, 3.8) is 0 Å². The molecule has 34 heavy (non-hydrogen) atoms. The summed E-state index contributed by atoms with van der Waals surface area (Å²) in [7, 11) is 0. The fourth-order valence-electron chi connectivity index (χ4n) is 3.64. The van der Waals surface area contributed by atoms with Gasteiger partial charge in [0, 0.05) is 18.3 Å². The summed E-state index contributed by atoms with van der Waals surface area (Å²) in [4.78, 5) is 0. The second-order valence-corrected chi connectivity index (χ2v) is 11.2. The molecule has 182 valence electrons. The molecule has 0 bridgehead atoms. The van der Waals surface area contributed by atoms with E-state index in [4.69, 9.17) is 0 Å². The Hall–Kier alpha value is -1.34.